The van der Waals surface area contributed by atoms with Gasteiger partial charge in [-0.05, 0) is 70.8 Å². The third-order valence-corrected chi connectivity index (χ3v) is 9.59. The zero-order chi connectivity index (χ0) is 32.0. The van der Waals surface area contributed by atoms with Crippen LogP contribution in [0.1, 0.15) is 25.0 Å². The van der Waals surface area contributed by atoms with E-state index in [-0.39, 0.29) is 5.41 Å². The molecule has 0 saturated carbocycles. The number of rotatable bonds is 3. The van der Waals surface area contributed by atoms with Crippen molar-refractivity contribution in [3.63, 3.8) is 0 Å². The monoisotopic (exact) mass is 621 g/mol. The summed E-state index contributed by atoms with van der Waals surface area (Å²) in [6.45, 7) is 4.52. The molecule has 0 spiro atoms. The highest BCUT2D eigenvalue weighted by Gasteiger charge is 2.37. The molecule has 0 N–H and O–H groups in total. The van der Waals surface area contributed by atoms with Crippen LogP contribution in [0.25, 0.3) is 67.2 Å². The molecule has 0 saturated heterocycles. The summed E-state index contributed by atoms with van der Waals surface area (Å²) in [4.78, 5) is 14.8. The lowest BCUT2D eigenvalue weighted by molar-refractivity contribution is 0.359. The van der Waals surface area contributed by atoms with E-state index in [1.54, 1.807) is 0 Å². The van der Waals surface area contributed by atoms with Crippen LogP contribution in [0.15, 0.2) is 132 Å². The van der Waals surface area contributed by atoms with Crippen LogP contribution in [0.5, 0.6) is 23.0 Å². The second kappa shape index (κ2) is 9.86. The molecule has 0 amide bonds. The minimum absolute atomic E-state index is 0.129. The van der Waals surface area contributed by atoms with E-state index < -0.39 is 0 Å². The Hall–Kier alpha value is -6.27. The van der Waals surface area contributed by atoms with Crippen molar-refractivity contribution in [3.8, 4) is 68.3 Å². The molecule has 2 aliphatic rings. The Kier molecular flexibility index (Phi) is 5.53. The van der Waals surface area contributed by atoms with Crippen molar-refractivity contribution in [1.82, 2.24) is 15.0 Å². The summed E-state index contributed by atoms with van der Waals surface area (Å²) in [6, 6.07) is 42.8. The molecule has 6 nitrogen and oxygen atoms in total. The van der Waals surface area contributed by atoms with E-state index in [1.165, 1.54) is 22.3 Å². The minimum Gasteiger partial charge on any atom is -0.456 e. The van der Waals surface area contributed by atoms with Gasteiger partial charge in [0.05, 0.1) is 0 Å². The molecule has 0 bridgehead atoms. The van der Waals surface area contributed by atoms with Crippen LogP contribution >= 0.6 is 0 Å². The lowest BCUT2D eigenvalue weighted by atomic mass is 9.82. The van der Waals surface area contributed by atoms with Gasteiger partial charge < -0.3 is 13.9 Å². The maximum Gasteiger partial charge on any atom is 0.170 e. The maximum atomic E-state index is 6.55. The second-order valence-electron chi connectivity index (χ2n) is 12.9. The summed E-state index contributed by atoms with van der Waals surface area (Å²) in [7, 11) is 0. The van der Waals surface area contributed by atoms with E-state index >= 15 is 0 Å². The molecule has 6 heteroatoms. The number of para-hydroxylation sites is 1. The molecule has 1 aliphatic heterocycles. The van der Waals surface area contributed by atoms with Gasteiger partial charge in [-0.1, -0.05) is 92.7 Å². The molecule has 228 valence electrons. The van der Waals surface area contributed by atoms with Gasteiger partial charge in [-0.15, -0.1) is 0 Å². The molecule has 3 heterocycles. The van der Waals surface area contributed by atoms with Gasteiger partial charge in [0.1, 0.15) is 11.2 Å². The number of benzene rings is 6. The van der Waals surface area contributed by atoms with Gasteiger partial charge in [0, 0.05) is 32.9 Å². The van der Waals surface area contributed by atoms with Gasteiger partial charge in [-0.3, -0.25) is 0 Å². The van der Waals surface area contributed by atoms with Gasteiger partial charge in [-0.2, -0.15) is 0 Å². The fourth-order valence-corrected chi connectivity index (χ4v) is 7.13. The summed E-state index contributed by atoms with van der Waals surface area (Å²) < 4.78 is 19.2. The van der Waals surface area contributed by atoms with Crippen molar-refractivity contribution in [2.45, 2.75) is 19.3 Å². The minimum atomic E-state index is -0.129. The Morgan fingerprint density at radius 1 is 0.438 bits per heavy atom. The van der Waals surface area contributed by atoms with Crippen LogP contribution in [-0.4, -0.2) is 15.0 Å². The Labute approximate surface area is 276 Å². The predicted molar refractivity (Wildman–Crippen MR) is 188 cm³/mol. The van der Waals surface area contributed by atoms with Crippen molar-refractivity contribution in [3.05, 3.63) is 139 Å². The maximum absolute atomic E-state index is 6.55. The molecule has 0 atom stereocenters. The van der Waals surface area contributed by atoms with Crippen molar-refractivity contribution < 1.29 is 13.9 Å². The highest BCUT2D eigenvalue weighted by Crippen LogP contribution is 2.55. The fourth-order valence-electron chi connectivity index (χ4n) is 7.13. The summed E-state index contributed by atoms with van der Waals surface area (Å²) in [5.74, 6) is 4.32. The molecule has 1 aliphatic carbocycles. The van der Waals surface area contributed by atoms with Crippen LogP contribution in [0, 0.1) is 0 Å². The third-order valence-electron chi connectivity index (χ3n) is 9.59. The molecule has 6 aromatic carbocycles. The first-order chi connectivity index (χ1) is 23.5. The van der Waals surface area contributed by atoms with Gasteiger partial charge in [0.25, 0.3) is 0 Å². The number of furan rings is 1. The van der Waals surface area contributed by atoms with E-state index in [9.17, 15) is 0 Å². The normalized spacial score (nSPS) is 13.7. The number of ether oxygens (including phenoxy) is 2. The van der Waals surface area contributed by atoms with Crippen molar-refractivity contribution >= 4 is 21.9 Å². The zero-order valence-electron chi connectivity index (χ0n) is 26.2. The smallest absolute Gasteiger partial charge is 0.170 e. The zero-order valence-corrected chi connectivity index (χ0v) is 26.2. The average Bonchev–Trinajstić information content (AvgIpc) is 3.61. The molecule has 8 aromatic rings. The molecule has 0 radical (unpaired) electrons. The number of fused-ring (bicyclic) bond motifs is 8. The molecule has 2 aromatic heterocycles. The van der Waals surface area contributed by atoms with E-state index in [0.29, 0.717) is 40.5 Å². The average molecular weight is 622 g/mol. The predicted octanol–water partition coefficient (Wildman–Crippen LogP) is 11.0. The fraction of sp³-hybridized carbons (Fsp3) is 0.0714. The Balaban J connectivity index is 1.07. The molecule has 0 unspecified atom stereocenters. The number of nitrogens with zero attached hydrogens (tertiary/aromatic N) is 3. The van der Waals surface area contributed by atoms with Gasteiger partial charge in [0.2, 0.25) is 0 Å². The summed E-state index contributed by atoms with van der Waals surface area (Å²) >= 11 is 0. The molecule has 0 fully saturated rings. The van der Waals surface area contributed by atoms with Crippen LogP contribution in [0.2, 0.25) is 0 Å². The standard InChI is InChI=1S/C42H27N3O3/c1-42(2)31-14-8-6-12-27(31)30-22-37-38(23-32(30)42)47-34-19-17-26(21-36(34)48-37)41-44-39(24-10-4-3-5-11-24)43-40(45-41)25-16-18-29-28-13-7-9-15-33(28)46-35(29)20-25/h3-23H,1-2H3. The first kappa shape index (κ1) is 26.9. The second-order valence-corrected chi connectivity index (χ2v) is 12.9. The van der Waals surface area contributed by atoms with Crippen LogP contribution in [-0.2, 0) is 5.41 Å². The lowest BCUT2D eigenvalue weighted by Gasteiger charge is -2.25. The third kappa shape index (κ3) is 4.02. The van der Waals surface area contributed by atoms with E-state index in [4.69, 9.17) is 28.8 Å². The Bertz CT molecular complexity index is 2610. The largest absolute Gasteiger partial charge is 0.456 e. The van der Waals surface area contributed by atoms with E-state index in [2.05, 4.69) is 62.4 Å². The summed E-state index contributed by atoms with van der Waals surface area (Å²) in [5.41, 5.74) is 8.98. The first-order valence-electron chi connectivity index (χ1n) is 16.0. The summed E-state index contributed by atoms with van der Waals surface area (Å²) in [5, 5.41) is 2.13. The van der Waals surface area contributed by atoms with Crippen LogP contribution in [0.4, 0.5) is 0 Å². The van der Waals surface area contributed by atoms with Crippen molar-refractivity contribution in [2.24, 2.45) is 0 Å². The number of hydrogen-bond donors (Lipinski definition) is 0. The van der Waals surface area contributed by atoms with E-state index in [0.717, 1.165) is 38.6 Å². The number of hydrogen-bond acceptors (Lipinski definition) is 6. The molecule has 48 heavy (non-hydrogen) atoms. The molecular weight excluding hydrogens is 594 g/mol. The van der Waals surface area contributed by atoms with Gasteiger partial charge >= 0.3 is 0 Å². The van der Waals surface area contributed by atoms with Crippen LogP contribution < -0.4 is 9.47 Å². The van der Waals surface area contributed by atoms with Gasteiger partial charge in [0.15, 0.2) is 40.5 Å². The Morgan fingerprint density at radius 2 is 1.06 bits per heavy atom. The van der Waals surface area contributed by atoms with Crippen molar-refractivity contribution in [2.75, 3.05) is 0 Å². The number of aromatic nitrogens is 3. The quantitative estimate of drug-likeness (QED) is 0.195. The SMILES string of the molecule is CC1(C)c2ccccc2-c2cc3c(cc21)Oc1ccc(-c2nc(-c4ccccc4)nc(-c4ccc5c(c4)oc4ccccc45)n2)cc1O3. The Morgan fingerprint density at radius 3 is 1.92 bits per heavy atom. The van der Waals surface area contributed by atoms with Crippen molar-refractivity contribution in [1.29, 1.82) is 0 Å². The van der Waals surface area contributed by atoms with E-state index in [1.807, 2.05) is 78.9 Å². The highest BCUT2D eigenvalue weighted by molar-refractivity contribution is 6.05. The topological polar surface area (TPSA) is 70.3 Å². The van der Waals surface area contributed by atoms with Gasteiger partial charge in [-0.25, -0.2) is 15.0 Å². The lowest BCUT2D eigenvalue weighted by Crippen LogP contribution is -2.15. The first-order valence-corrected chi connectivity index (χ1v) is 16.0. The summed E-state index contributed by atoms with van der Waals surface area (Å²) in [6.07, 6.45) is 0. The molecular formula is C42H27N3O3. The molecule has 10 rings (SSSR count). The highest BCUT2D eigenvalue weighted by atomic mass is 16.6. The van der Waals surface area contributed by atoms with Crippen LogP contribution in [0.3, 0.4) is 0 Å².